The normalized spacial score (nSPS) is 25.6. The molecule has 4 rings (SSSR count). The van der Waals surface area contributed by atoms with Crippen LogP contribution in [0.3, 0.4) is 0 Å². The minimum atomic E-state index is -0.531. The Morgan fingerprint density at radius 3 is 2.70 bits per heavy atom. The summed E-state index contributed by atoms with van der Waals surface area (Å²) in [4.78, 5) is 32.8. The molecule has 7 nitrogen and oxygen atoms in total. The number of benzene rings is 1. The number of amides is 2. The molecule has 3 aliphatic rings. The Kier molecular flexibility index (Phi) is 7.36. The van der Waals surface area contributed by atoms with Crippen molar-refractivity contribution in [2.45, 2.75) is 63.7 Å². The van der Waals surface area contributed by atoms with Gasteiger partial charge in [0.05, 0.1) is 12.0 Å². The zero-order chi connectivity index (χ0) is 20.8. The van der Waals surface area contributed by atoms with Crippen molar-refractivity contribution in [3.63, 3.8) is 0 Å². The highest BCUT2D eigenvalue weighted by Crippen LogP contribution is 2.33. The van der Waals surface area contributed by atoms with Crippen molar-refractivity contribution in [3.05, 3.63) is 35.9 Å². The maximum absolute atomic E-state index is 13.4. The first-order chi connectivity index (χ1) is 14.7. The molecule has 2 heterocycles. The highest BCUT2D eigenvalue weighted by Gasteiger charge is 2.41. The van der Waals surface area contributed by atoms with Crippen LogP contribution in [0.5, 0.6) is 0 Å². The fraction of sp³-hybridized carbons (Fsp3) is 0.652. The van der Waals surface area contributed by atoms with E-state index in [-0.39, 0.29) is 30.8 Å². The van der Waals surface area contributed by atoms with Gasteiger partial charge in [0.25, 0.3) is 0 Å². The molecule has 2 saturated heterocycles. The summed E-state index contributed by atoms with van der Waals surface area (Å²) in [5.74, 6) is 0.0617. The van der Waals surface area contributed by atoms with Gasteiger partial charge in [-0.3, -0.25) is 9.63 Å². The van der Waals surface area contributed by atoms with Crippen molar-refractivity contribution in [3.8, 4) is 0 Å². The second kappa shape index (κ2) is 10.4. The maximum atomic E-state index is 13.4. The number of hydrogen-bond donors (Lipinski definition) is 1. The number of ether oxygens (including phenoxy) is 2. The lowest BCUT2D eigenvalue weighted by Gasteiger charge is -2.32. The Morgan fingerprint density at radius 2 is 2.00 bits per heavy atom. The van der Waals surface area contributed by atoms with E-state index < -0.39 is 6.09 Å². The lowest BCUT2D eigenvalue weighted by molar-refractivity contribution is -0.199. The van der Waals surface area contributed by atoms with Gasteiger partial charge in [0.15, 0.2) is 6.29 Å². The van der Waals surface area contributed by atoms with Gasteiger partial charge >= 0.3 is 6.09 Å². The minimum absolute atomic E-state index is 0.161. The summed E-state index contributed by atoms with van der Waals surface area (Å²) in [5, 5.41) is 0. The summed E-state index contributed by atoms with van der Waals surface area (Å²) in [6.45, 7) is 1.32. The molecule has 0 aromatic heterocycles. The molecule has 1 aromatic rings. The number of carbonyl (C=O) groups is 2. The molecule has 3 fully saturated rings. The van der Waals surface area contributed by atoms with Crippen LogP contribution in [-0.4, -0.2) is 49.0 Å². The third-order valence-electron chi connectivity index (χ3n) is 6.39. The van der Waals surface area contributed by atoms with E-state index in [0.717, 1.165) is 44.1 Å². The fourth-order valence-electron chi connectivity index (χ4n) is 4.41. The molecule has 30 heavy (non-hydrogen) atoms. The van der Waals surface area contributed by atoms with Crippen molar-refractivity contribution < 1.29 is 23.9 Å². The van der Waals surface area contributed by atoms with E-state index in [0.29, 0.717) is 25.5 Å². The van der Waals surface area contributed by atoms with E-state index in [1.165, 1.54) is 11.3 Å². The Morgan fingerprint density at radius 1 is 1.17 bits per heavy atom. The SMILES string of the molecule is O=C1OC[C@H](Cc2ccccc2)N1C(=O)[C@@H](CNOC1CCCCO1)CC1CCC1. The first-order valence-corrected chi connectivity index (χ1v) is 11.2. The molecule has 0 bridgehead atoms. The van der Waals surface area contributed by atoms with Crippen LogP contribution in [0, 0.1) is 11.8 Å². The lowest BCUT2D eigenvalue weighted by atomic mass is 9.78. The first kappa shape index (κ1) is 21.3. The van der Waals surface area contributed by atoms with Gasteiger partial charge in [-0.25, -0.2) is 9.69 Å². The van der Waals surface area contributed by atoms with Gasteiger partial charge in [0.1, 0.15) is 6.61 Å². The summed E-state index contributed by atoms with van der Waals surface area (Å²) in [6.07, 6.45) is 7.08. The Bertz CT molecular complexity index is 703. The molecule has 0 radical (unpaired) electrons. The van der Waals surface area contributed by atoms with E-state index in [1.54, 1.807) is 0 Å². The summed E-state index contributed by atoms with van der Waals surface area (Å²) >= 11 is 0. The predicted molar refractivity (Wildman–Crippen MR) is 110 cm³/mol. The van der Waals surface area contributed by atoms with Gasteiger partial charge < -0.3 is 9.47 Å². The number of nitrogens with one attached hydrogen (secondary N) is 1. The summed E-state index contributed by atoms with van der Waals surface area (Å²) in [5.41, 5.74) is 4.06. The van der Waals surface area contributed by atoms with Crippen molar-refractivity contribution in [2.24, 2.45) is 11.8 Å². The van der Waals surface area contributed by atoms with Gasteiger partial charge in [0, 0.05) is 19.6 Å². The van der Waals surface area contributed by atoms with E-state index in [2.05, 4.69) is 5.48 Å². The molecular weight excluding hydrogens is 384 g/mol. The van der Waals surface area contributed by atoms with Crippen LogP contribution in [-0.2, 0) is 25.5 Å². The average molecular weight is 417 g/mol. The number of rotatable bonds is 9. The number of cyclic esters (lactones) is 1. The molecule has 1 saturated carbocycles. The highest BCUT2D eigenvalue weighted by atomic mass is 16.8. The van der Waals surface area contributed by atoms with Gasteiger partial charge in [-0.2, -0.15) is 5.48 Å². The summed E-state index contributed by atoms with van der Waals surface area (Å²) in [7, 11) is 0. The monoisotopic (exact) mass is 416 g/mol. The topological polar surface area (TPSA) is 77.1 Å². The van der Waals surface area contributed by atoms with Crippen LogP contribution < -0.4 is 5.48 Å². The number of hydroxylamine groups is 1. The van der Waals surface area contributed by atoms with E-state index in [1.807, 2.05) is 30.3 Å². The Labute approximate surface area is 178 Å². The quantitative estimate of drug-likeness (QED) is 0.622. The summed E-state index contributed by atoms with van der Waals surface area (Å²) < 4.78 is 10.8. The summed E-state index contributed by atoms with van der Waals surface area (Å²) in [6, 6.07) is 9.64. The number of carbonyl (C=O) groups excluding carboxylic acids is 2. The van der Waals surface area contributed by atoms with Gasteiger partial charge in [-0.1, -0.05) is 49.6 Å². The molecule has 3 atom stereocenters. The smallest absolute Gasteiger partial charge is 0.416 e. The van der Waals surface area contributed by atoms with Crippen LogP contribution in [0.25, 0.3) is 0 Å². The van der Waals surface area contributed by atoms with Gasteiger partial charge in [-0.05, 0) is 37.2 Å². The zero-order valence-electron chi connectivity index (χ0n) is 17.5. The fourth-order valence-corrected chi connectivity index (χ4v) is 4.41. The van der Waals surface area contributed by atoms with Crippen LogP contribution >= 0.6 is 0 Å². The first-order valence-electron chi connectivity index (χ1n) is 11.2. The number of imide groups is 1. The molecule has 1 aliphatic carbocycles. The highest BCUT2D eigenvalue weighted by molar-refractivity contribution is 5.95. The van der Waals surface area contributed by atoms with Crippen LogP contribution in [0.1, 0.15) is 50.5 Å². The molecule has 1 N–H and O–H groups in total. The van der Waals surface area contributed by atoms with Crippen LogP contribution in [0.4, 0.5) is 4.79 Å². The van der Waals surface area contributed by atoms with E-state index >= 15 is 0 Å². The number of nitrogens with zero attached hydrogens (tertiary/aromatic N) is 1. The van der Waals surface area contributed by atoms with Crippen molar-refractivity contribution >= 4 is 12.0 Å². The second-order valence-electron chi connectivity index (χ2n) is 8.62. The third kappa shape index (κ3) is 5.39. The molecule has 1 unspecified atom stereocenters. The largest absolute Gasteiger partial charge is 0.447 e. The molecule has 1 aromatic carbocycles. The van der Waals surface area contributed by atoms with Crippen LogP contribution in [0.15, 0.2) is 30.3 Å². The van der Waals surface area contributed by atoms with Crippen LogP contribution in [0.2, 0.25) is 0 Å². The van der Waals surface area contributed by atoms with Crippen molar-refractivity contribution in [2.75, 3.05) is 19.8 Å². The van der Waals surface area contributed by atoms with Gasteiger partial charge in [0.2, 0.25) is 5.91 Å². The van der Waals surface area contributed by atoms with E-state index in [4.69, 9.17) is 14.3 Å². The standard InChI is InChI=1S/C23H32N2O5/c26-22(25-20(16-29-23(25)27)14-18-7-2-1-3-8-18)19(13-17-9-6-10-17)15-24-30-21-11-4-5-12-28-21/h1-3,7-8,17,19-21,24H,4-6,9-16H2/t19-,20+,21?/m1/s1. The third-order valence-corrected chi connectivity index (χ3v) is 6.39. The molecule has 0 spiro atoms. The zero-order valence-corrected chi connectivity index (χ0v) is 17.5. The van der Waals surface area contributed by atoms with Crippen molar-refractivity contribution in [1.29, 1.82) is 0 Å². The molecule has 2 aliphatic heterocycles. The molecule has 2 amide bonds. The molecule has 164 valence electrons. The lowest BCUT2D eigenvalue weighted by Crippen LogP contribution is -2.47. The average Bonchev–Trinajstić information content (AvgIpc) is 3.10. The number of hydrogen-bond acceptors (Lipinski definition) is 6. The second-order valence-corrected chi connectivity index (χ2v) is 8.62. The Hall–Kier alpha value is -1.96. The van der Waals surface area contributed by atoms with Crippen molar-refractivity contribution in [1.82, 2.24) is 10.4 Å². The minimum Gasteiger partial charge on any atom is -0.447 e. The Balaban J connectivity index is 1.38. The van der Waals surface area contributed by atoms with E-state index in [9.17, 15) is 9.59 Å². The maximum Gasteiger partial charge on any atom is 0.416 e. The molecule has 7 heteroatoms. The molecular formula is C23H32N2O5. The van der Waals surface area contributed by atoms with Gasteiger partial charge in [-0.15, -0.1) is 0 Å². The predicted octanol–water partition coefficient (Wildman–Crippen LogP) is 3.43.